The molecule has 0 bridgehead atoms. The zero-order valence-corrected chi connectivity index (χ0v) is 13.5. The fourth-order valence-electron chi connectivity index (χ4n) is 2.41. The van der Waals surface area contributed by atoms with Gasteiger partial charge in [-0.15, -0.1) is 0 Å². The highest BCUT2D eigenvalue weighted by molar-refractivity contribution is 5.92. The minimum atomic E-state index is -0.389. The number of hydrogen-bond acceptors (Lipinski definition) is 3. The summed E-state index contributed by atoms with van der Waals surface area (Å²) in [6.07, 6.45) is 0.0608. The number of hydrogen-bond donors (Lipinski definition) is 1. The van der Waals surface area contributed by atoms with E-state index in [9.17, 15) is 9.18 Å². The van der Waals surface area contributed by atoms with E-state index >= 15 is 0 Å². The number of carbonyl (C=O) groups is 1. The van der Waals surface area contributed by atoms with Crippen LogP contribution in [0.15, 0.2) is 53.1 Å². The molecule has 1 aromatic heterocycles. The monoisotopic (exact) mass is 324 g/mol. The molecule has 5 heteroatoms. The van der Waals surface area contributed by atoms with E-state index in [1.165, 1.54) is 6.07 Å². The van der Waals surface area contributed by atoms with Gasteiger partial charge in [0.15, 0.2) is 5.76 Å². The smallest absolute Gasteiger partial charge is 0.230 e. The summed E-state index contributed by atoms with van der Waals surface area (Å²) in [7, 11) is 0. The van der Waals surface area contributed by atoms with Gasteiger partial charge in [0.1, 0.15) is 5.82 Å². The van der Waals surface area contributed by atoms with Crippen LogP contribution >= 0.6 is 0 Å². The Kier molecular flexibility index (Phi) is 4.42. The van der Waals surface area contributed by atoms with Crippen molar-refractivity contribution in [1.82, 2.24) is 5.16 Å². The Morgan fingerprint density at radius 1 is 1.17 bits per heavy atom. The Hall–Kier alpha value is -2.95. The van der Waals surface area contributed by atoms with Crippen molar-refractivity contribution >= 4 is 11.6 Å². The normalized spacial score (nSPS) is 10.6. The van der Waals surface area contributed by atoms with Crippen molar-refractivity contribution in [2.75, 3.05) is 5.32 Å². The molecule has 3 rings (SSSR count). The molecule has 0 saturated carbocycles. The molecule has 24 heavy (non-hydrogen) atoms. The van der Waals surface area contributed by atoms with Crippen molar-refractivity contribution in [2.24, 2.45) is 0 Å². The number of carbonyl (C=O) groups excluding carboxylic acids is 1. The van der Waals surface area contributed by atoms with E-state index in [0.29, 0.717) is 17.0 Å². The minimum Gasteiger partial charge on any atom is -0.356 e. The Labute approximate surface area is 139 Å². The van der Waals surface area contributed by atoms with Gasteiger partial charge in [0.2, 0.25) is 5.91 Å². The fraction of sp³-hybridized carbons (Fsp3) is 0.158. The van der Waals surface area contributed by atoms with E-state index in [4.69, 9.17) is 4.52 Å². The maximum absolute atomic E-state index is 13.7. The number of amides is 1. The molecule has 1 amide bonds. The Balaban J connectivity index is 1.72. The number of rotatable bonds is 4. The maximum Gasteiger partial charge on any atom is 0.230 e. The first-order valence-electron chi connectivity index (χ1n) is 7.60. The first kappa shape index (κ1) is 15.9. The van der Waals surface area contributed by atoms with E-state index in [1.54, 1.807) is 24.3 Å². The first-order chi connectivity index (χ1) is 11.5. The molecule has 0 aliphatic heterocycles. The zero-order valence-electron chi connectivity index (χ0n) is 13.5. The predicted octanol–water partition coefficient (Wildman–Crippen LogP) is 4.28. The van der Waals surface area contributed by atoms with E-state index in [-0.39, 0.29) is 18.1 Å². The van der Waals surface area contributed by atoms with Crippen LogP contribution in [0.5, 0.6) is 0 Å². The number of halogens is 1. The molecule has 122 valence electrons. The highest BCUT2D eigenvalue weighted by atomic mass is 19.1. The van der Waals surface area contributed by atoms with Crippen molar-refractivity contribution in [3.05, 3.63) is 71.2 Å². The third-order valence-electron chi connectivity index (χ3n) is 3.71. The lowest BCUT2D eigenvalue weighted by Crippen LogP contribution is -2.15. The third-order valence-corrected chi connectivity index (χ3v) is 3.71. The Bertz CT molecular complexity index is 887. The summed E-state index contributed by atoms with van der Waals surface area (Å²) in [4.78, 5) is 12.2. The summed E-state index contributed by atoms with van der Waals surface area (Å²) in [5.74, 6) is -0.278. The topological polar surface area (TPSA) is 55.1 Å². The van der Waals surface area contributed by atoms with Gasteiger partial charge in [-0.25, -0.2) is 4.39 Å². The average Bonchev–Trinajstić information content (AvgIpc) is 2.99. The van der Waals surface area contributed by atoms with Crippen molar-refractivity contribution in [3.63, 3.8) is 0 Å². The van der Waals surface area contributed by atoms with Crippen LogP contribution in [0.2, 0.25) is 0 Å². The summed E-state index contributed by atoms with van der Waals surface area (Å²) >= 11 is 0. The van der Waals surface area contributed by atoms with E-state index in [2.05, 4.69) is 10.5 Å². The average molecular weight is 324 g/mol. The lowest BCUT2D eigenvalue weighted by Gasteiger charge is -2.08. The molecule has 0 spiro atoms. The van der Waals surface area contributed by atoms with Gasteiger partial charge < -0.3 is 9.84 Å². The van der Waals surface area contributed by atoms with Gasteiger partial charge in [-0.1, -0.05) is 29.4 Å². The van der Waals surface area contributed by atoms with Gasteiger partial charge in [-0.3, -0.25) is 4.79 Å². The number of benzene rings is 2. The molecule has 0 atom stereocenters. The largest absolute Gasteiger partial charge is 0.356 e. The van der Waals surface area contributed by atoms with E-state index < -0.39 is 0 Å². The van der Waals surface area contributed by atoms with Gasteiger partial charge >= 0.3 is 0 Å². The molecule has 2 aromatic carbocycles. The van der Waals surface area contributed by atoms with Gasteiger partial charge in [0.05, 0.1) is 17.7 Å². The highest BCUT2D eigenvalue weighted by Gasteiger charge is 2.14. The van der Waals surface area contributed by atoms with Crippen molar-refractivity contribution < 1.29 is 13.7 Å². The van der Waals surface area contributed by atoms with Crippen molar-refractivity contribution in [1.29, 1.82) is 0 Å². The van der Waals surface area contributed by atoms with Crippen LogP contribution in [0.4, 0.5) is 10.1 Å². The maximum atomic E-state index is 13.7. The molecule has 4 nitrogen and oxygen atoms in total. The van der Waals surface area contributed by atoms with Crippen molar-refractivity contribution in [2.45, 2.75) is 20.3 Å². The molecular weight excluding hydrogens is 307 g/mol. The standard InChI is InChI=1S/C19H17FN2O2/c1-12-7-8-13(2)17(9-12)21-19(23)11-14-10-18(24-22-14)15-5-3-4-6-16(15)20/h3-10H,11H2,1-2H3,(H,21,23). The second kappa shape index (κ2) is 6.66. The lowest BCUT2D eigenvalue weighted by molar-refractivity contribution is -0.115. The summed E-state index contributed by atoms with van der Waals surface area (Å²) < 4.78 is 18.9. The van der Waals surface area contributed by atoms with Gasteiger partial charge in [-0.2, -0.15) is 0 Å². The summed E-state index contributed by atoms with van der Waals surface area (Å²) in [6.45, 7) is 3.90. The highest BCUT2D eigenvalue weighted by Crippen LogP contribution is 2.23. The van der Waals surface area contributed by atoms with Gasteiger partial charge in [-0.05, 0) is 43.2 Å². The van der Waals surface area contributed by atoms with Gasteiger partial charge in [0.25, 0.3) is 0 Å². The molecule has 0 fully saturated rings. The van der Waals surface area contributed by atoms with Crippen LogP contribution in [0.1, 0.15) is 16.8 Å². The summed E-state index contributed by atoms with van der Waals surface area (Å²) in [6, 6.07) is 13.7. The summed E-state index contributed by atoms with van der Waals surface area (Å²) in [5, 5.41) is 6.72. The minimum absolute atomic E-state index is 0.0608. The molecule has 0 radical (unpaired) electrons. The molecule has 0 aliphatic rings. The van der Waals surface area contributed by atoms with E-state index in [0.717, 1.165) is 16.8 Å². The number of nitrogens with zero attached hydrogens (tertiary/aromatic N) is 1. The molecular formula is C19H17FN2O2. The van der Waals surface area contributed by atoms with Crippen LogP contribution < -0.4 is 5.32 Å². The van der Waals surface area contributed by atoms with Crippen LogP contribution in [0, 0.1) is 19.7 Å². The van der Waals surface area contributed by atoms with Crippen LogP contribution in [0.3, 0.4) is 0 Å². The SMILES string of the molecule is Cc1ccc(C)c(NC(=O)Cc2cc(-c3ccccc3F)on2)c1. The molecule has 1 N–H and O–H groups in total. The summed E-state index contributed by atoms with van der Waals surface area (Å²) in [5.41, 5.74) is 3.61. The van der Waals surface area contributed by atoms with Crippen LogP contribution in [0.25, 0.3) is 11.3 Å². The molecule has 0 saturated heterocycles. The second-order valence-corrected chi connectivity index (χ2v) is 5.71. The van der Waals surface area contributed by atoms with E-state index in [1.807, 2.05) is 32.0 Å². The number of nitrogens with one attached hydrogen (secondary N) is 1. The zero-order chi connectivity index (χ0) is 17.1. The molecule has 0 unspecified atom stereocenters. The Morgan fingerprint density at radius 2 is 1.96 bits per heavy atom. The Morgan fingerprint density at radius 3 is 2.75 bits per heavy atom. The molecule has 0 aliphatic carbocycles. The quantitative estimate of drug-likeness (QED) is 0.779. The molecule has 1 heterocycles. The number of anilines is 1. The van der Waals surface area contributed by atoms with Crippen molar-refractivity contribution in [3.8, 4) is 11.3 Å². The first-order valence-corrected chi connectivity index (χ1v) is 7.60. The van der Waals surface area contributed by atoms with Gasteiger partial charge in [0, 0.05) is 11.8 Å². The fourth-order valence-corrected chi connectivity index (χ4v) is 2.41. The number of aromatic nitrogens is 1. The predicted molar refractivity (Wildman–Crippen MR) is 90.1 cm³/mol. The number of aryl methyl sites for hydroxylation is 2. The lowest BCUT2D eigenvalue weighted by atomic mass is 10.1. The van der Waals surface area contributed by atoms with Crippen LogP contribution in [-0.4, -0.2) is 11.1 Å². The third kappa shape index (κ3) is 3.51. The molecule has 3 aromatic rings. The van der Waals surface area contributed by atoms with Crippen LogP contribution in [-0.2, 0) is 11.2 Å². The second-order valence-electron chi connectivity index (χ2n) is 5.71.